The Kier molecular flexibility index (Phi) is 2.79. The number of pyridine rings is 1. The van der Waals surface area contributed by atoms with E-state index in [9.17, 15) is 0 Å². The largest absolute Gasteiger partial charge is 0.326 e. The van der Waals surface area contributed by atoms with Crippen LogP contribution < -0.4 is 5.73 Å². The number of benzene rings is 2. The third-order valence-electron chi connectivity index (χ3n) is 3.08. The molecule has 0 aliphatic rings. The predicted molar refractivity (Wildman–Crippen MR) is 75.1 cm³/mol. The normalized spacial score (nSPS) is 10.7. The summed E-state index contributed by atoms with van der Waals surface area (Å²) in [5.74, 6) is 0. The second-order valence-corrected chi connectivity index (χ2v) is 4.29. The Balaban J connectivity index is 2.07. The summed E-state index contributed by atoms with van der Waals surface area (Å²) in [5.41, 5.74) is 9.88. The first-order chi connectivity index (χ1) is 8.86. The molecule has 3 rings (SSSR count). The topological polar surface area (TPSA) is 38.9 Å². The van der Waals surface area contributed by atoms with Crippen molar-refractivity contribution in [3.63, 3.8) is 0 Å². The molecule has 3 aromatic rings. The highest BCUT2D eigenvalue weighted by atomic mass is 14.7. The van der Waals surface area contributed by atoms with E-state index >= 15 is 0 Å². The number of hydrogen-bond acceptors (Lipinski definition) is 2. The Labute approximate surface area is 106 Å². The van der Waals surface area contributed by atoms with Crippen molar-refractivity contribution in [2.24, 2.45) is 5.73 Å². The van der Waals surface area contributed by atoms with Crippen LogP contribution >= 0.6 is 0 Å². The van der Waals surface area contributed by atoms with Crippen molar-refractivity contribution in [3.8, 4) is 11.3 Å². The number of aromatic nitrogens is 1. The Morgan fingerprint density at radius 2 is 1.61 bits per heavy atom. The number of hydrogen-bond donors (Lipinski definition) is 1. The lowest BCUT2D eigenvalue weighted by atomic mass is 10.1. The van der Waals surface area contributed by atoms with Gasteiger partial charge in [0.2, 0.25) is 0 Å². The van der Waals surface area contributed by atoms with E-state index in [2.05, 4.69) is 35.3 Å². The van der Waals surface area contributed by atoms with Gasteiger partial charge in [-0.25, -0.2) is 4.98 Å². The van der Waals surface area contributed by atoms with Crippen LogP contribution in [0.2, 0.25) is 0 Å². The van der Waals surface area contributed by atoms with E-state index in [-0.39, 0.29) is 0 Å². The number of nitrogens with two attached hydrogens (primary N) is 1. The Bertz CT molecular complexity index is 672. The molecular weight excluding hydrogens is 220 g/mol. The lowest BCUT2D eigenvalue weighted by Crippen LogP contribution is -1.95. The third-order valence-corrected chi connectivity index (χ3v) is 3.08. The molecule has 2 nitrogen and oxygen atoms in total. The van der Waals surface area contributed by atoms with Crippen LogP contribution in [0.4, 0.5) is 0 Å². The van der Waals surface area contributed by atoms with E-state index in [0.29, 0.717) is 6.54 Å². The minimum atomic E-state index is 0.575. The van der Waals surface area contributed by atoms with Crippen LogP contribution in [0.15, 0.2) is 60.7 Å². The second kappa shape index (κ2) is 4.59. The van der Waals surface area contributed by atoms with E-state index in [4.69, 9.17) is 5.73 Å². The van der Waals surface area contributed by atoms with Gasteiger partial charge in [-0.05, 0) is 17.7 Å². The fourth-order valence-corrected chi connectivity index (χ4v) is 2.04. The summed E-state index contributed by atoms with van der Waals surface area (Å²) >= 11 is 0. The maximum atomic E-state index is 5.60. The van der Waals surface area contributed by atoms with E-state index in [1.165, 1.54) is 5.39 Å². The summed E-state index contributed by atoms with van der Waals surface area (Å²) in [6.45, 7) is 0.575. The van der Waals surface area contributed by atoms with Gasteiger partial charge in [-0.15, -0.1) is 0 Å². The zero-order chi connectivity index (χ0) is 12.4. The molecule has 2 N–H and O–H groups in total. The molecule has 0 atom stereocenters. The molecule has 0 radical (unpaired) electrons. The number of nitrogens with zero attached hydrogens (tertiary/aromatic N) is 1. The molecule has 2 heteroatoms. The number of para-hydroxylation sites is 1. The summed E-state index contributed by atoms with van der Waals surface area (Å²) in [4.78, 5) is 4.67. The van der Waals surface area contributed by atoms with Crippen LogP contribution in [-0.2, 0) is 6.54 Å². The molecule has 0 aliphatic carbocycles. The Hall–Kier alpha value is -2.19. The van der Waals surface area contributed by atoms with Gasteiger partial charge in [0.15, 0.2) is 0 Å². The molecule has 1 aromatic heterocycles. The molecule has 0 bridgehead atoms. The van der Waals surface area contributed by atoms with Gasteiger partial charge in [-0.1, -0.05) is 48.5 Å². The van der Waals surface area contributed by atoms with Gasteiger partial charge in [0.05, 0.1) is 11.2 Å². The second-order valence-electron chi connectivity index (χ2n) is 4.29. The van der Waals surface area contributed by atoms with E-state index in [1.807, 2.05) is 30.3 Å². The van der Waals surface area contributed by atoms with Gasteiger partial charge in [0, 0.05) is 17.5 Å². The molecule has 0 aliphatic heterocycles. The lowest BCUT2D eigenvalue weighted by Gasteiger charge is -2.04. The zero-order valence-electron chi connectivity index (χ0n) is 10.0. The van der Waals surface area contributed by atoms with Crippen molar-refractivity contribution >= 4 is 10.9 Å². The standard InChI is InChI=1S/C16H14N2/c17-11-12-5-7-14(8-6-12)16-10-9-13-3-1-2-4-15(13)18-16/h1-10H,11,17H2. The van der Waals surface area contributed by atoms with Crippen molar-refractivity contribution < 1.29 is 0 Å². The fourth-order valence-electron chi connectivity index (χ4n) is 2.04. The summed E-state index contributed by atoms with van der Waals surface area (Å²) in [6, 6.07) is 20.5. The molecule has 1 heterocycles. The number of fused-ring (bicyclic) bond motifs is 1. The van der Waals surface area contributed by atoms with Crippen molar-refractivity contribution in [2.75, 3.05) is 0 Å². The molecule has 0 saturated heterocycles. The van der Waals surface area contributed by atoms with Crippen molar-refractivity contribution in [1.29, 1.82) is 0 Å². The maximum absolute atomic E-state index is 5.60. The van der Waals surface area contributed by atoms with Gasteiger partial charge in [0.25, 0.3) is 0 Å². The summed E-state index contributed by atoms with van der Waals surface area (Å²) in [7, 11) is 0. The molecule has 2 aromatic carbocycles. The van der Waals surface area contributed by atoms with Crippen LogP contribution in [-0.4, -0.2) is 4.98 Å². The van der Waals surface area contributed by atoms with Crippen LogP contribution in [0, 0.1) is 0 Å². The lowest BCUT2D eigenvalue weighted by molar-refractivity contribution is 1.07. The number of rotatable bonds is 2. The van der Waals surface area contributed by atoms with Crippen molar-refractivity contribution in [2.45, 2.75) is 6.54 Å². The highest BCUT2D eigenvalue weighted by Gasteiger charge is 2.01. The van der Waals surface area contributed by atoms with Crippen molar-refractivity contribution in [3.05, 3.63) is 66.2 Å². The minimum absolute atomic E-state index is 0.575. The zero-order valence-corrected chi connectivity index (χ0v) is 10.0. The summed E-state index contributed by atoms with van der Waals surface area (Å²) in [5, 5.41) is 1.17. The van der Waals surface area contributed by atoms with Crippen LogP contribution in [0.1, 0.15) is 5.56 Å². The van der Waals surface area contributed by atoms with Crippen LogP contribution in [0.3, 0.4) is 0 Å². The SMILES string of the molecule is NCc1ccc(-c2ccc3ccccc3n2)cc1. The maximum Gasteiger partial charge on any atom is 0.0709 e. The molecule has 0 saturated carbocycles. The monoisotopic (exact) mass is 234 g/mol. The quantitative estimate of drug-likeness (QED) is 0.738. The van der Waals surface area contributed by atoms with Gasteiger partial charge in [0.1, 0.15) is 0 Å². The van der Waals surface area contributed by atoms with E-state index in [0.717, 1.165) is 22.3 Å². The van der Waals surface area contributed by atoms with Crippen LogP contribution in [0.25, 0.3) is 22.2 Å². The predicted octanol–water partition coefficient (Wildman–Crippen LogP) is 3.36. The average molecular weight is 234 g/mol. The van der Waals surface area contributed by atoms with Gasteiger partial charge >= 0.3 is 0 Å². The molecule has 88 valence electrons. The van der Waals surface area contributed by atoms with Crippen LogP contribution in [0.5, 0.6) is 0 Å². The first kappa shape index (κ1) is 10.9. The van der Waals surface area contributed by atoms with Gasteiger partial charge < -0.3 is 5.73 Å². The average Bonchev–Trinajstić information content (AvgIpc) is 2.47. The van der Waals surface area contributed by atoms with Crippen molar-refractivity contribution in [1.82, 2.24) is 4.98 Å². The highest BCUT2D eigenvalue weighted by molar-refractivity contribution is 5.81. The highest BCUT2D eigenvalue weighted by Crippen LogP contribution is 2.21. The molecule has 0 spiro atoms. The minimum Gasteiger partial charge on any atom is -0.326 e. The Morgan fingerprint density at radius 3 is 2.39 bits per heavy atom. The fraction of sp³-hybridized carbons (Fsp3) is 0.0625. The first-order valence-corrected chi connectivity index (χ1v) is 6.02. The molecular formula is C16H14N2. The summed E-state index contributed by atoms with van der Waals surface area (Å²) in [6.07, 6.45) is 0. The smallest absolute Gasteiger partial charge is 0.0709 e. The molecule has 0 fully saturated rings. The summed E-state index contributed by atoms with van der Waals surface area (Å²) < 4.78 is 0. The first-order valence-electron chi connectivity index (χ1n) is 6.02. The molecule has 18 heavy (non-hydrogen) atoms. The molecule has 0 amide bonds. The van der Waals surface area contributed by atoms with Gasteiger partial charge in [-0.2, -0.15) is 0 Å². The molecule has 0 unspecified atom stereocenters. The van der Waals surface area contributed by atoms with E-state index < -0.39 is 0 Å². The third kappa shape index (κ3) is 1.98. The Morgan fingerprint density at radius 1 is 0.833 bits per heavy atom. The van der Waals surface area contributed by atoms with Gasteiger partial charge in [-0.3, -0.25) is 0 Å². The van der Waals surface area contributed by atoms with E-state index in [1.54, 1.807) is 0 Å².